The monoisotopic (exact) mass is 304 g/mol. The van der Waals surface area contributed by atoms with Crippen molar-refractivity contribution < 1.29 is 4.79 Å². The molecule has 2 aromatic heterocycles. The lowest BCUT2D eigenvalue weighted by atomic mass is 10.2. The molecule has 21 heavy (non-hydrogen) atoms. The van der Waals surface area contributed by atoms with Crippen molar-refractivity contribution >= 4 is 17.2 Å². The smallest absolute Gasteiger partial charge is 0.227 e. The summed E-state index contributed by atoms with van der Waals surface area (Å²) in [6, 6.07) is 2.02. The molecule has 6 heteroatoms. The molecule has 5 nitrogen and oxygen atoms in total. The van der Waals surface area contributed by atoms with E-state index >= 15 is 0 Å². The summed E-state index contributed by atoms with van der Waals surface area (Å²) in [5.41, 5.74) is 2.18. The highest BCUT2D eigenvalue weighted by Crippen LogP contribution is 2.16. The number of thiophene rings is 1. The number of rotatable bonds is 4. The summed E-state index contributed by atoms with van der Waals surface area (Å²) in [6.07, 6.45) is 2.60. The molecule has 0 saturated heterocycles. The topological polar surface area (TPSA) is 41.4 Å². The molecule has 1 amide bonds. The summed E-state index contributed by atoms with van der Waals surface area (Å²) >= 11 is 1.63. The van der Waals surface area contributed by atoms with Crippen LogP contribution in [0, 0.1) is 0 Å². The van der Waals surface area contributed by atoms with Gasteiger partial charge in [-0.15, -0.1) is 0 Å². The number of nitrogens with zero attached hydrogens (tertiary/aromatic N) is 4. The Bertz CT molecular complexity index is 618. The van der Waals surface area contributed by atoms with Gasteiger partial charge < -0.3 is 14.4 Å². The zero-order chi connectivity index (χ0) is 14.8. The molecule has 0 N–H and O–H groups in total. The zero-order valence-electron chi connectivity index (χ0n) is 12.5. The largest absolute Gasteiger partial charge is 0.333 e. The van der Waals surface area contributed by atoms with Crippen LogP contribution in [0.2, 0.25) is 0 Å². The lowest BCUT2D eigenvalue weighted by molar-refractivity contribution is -0.132. The molecule has 0 radical (unpaired) electrons. The fourth-order valence-corrected chi connectivity index (χ4v) is 3.27. The molecule has 0 saturated carbocycles. The third kappa shape index (κ3) is 3.33. The summed E-state index contributed by atoms with van der Waals surface area (Å²) in [4.78, 5) is 21.0. The maximum absolute atomic E-state index is 12.3. The Morgan fingerprint density at radius 2 is 2.29 bits per heavy atom. The minimum atomic E-state index is 0.191. The Kier molecular flexibility index (Phi) is 4.07. The molecule has 0 unspecified atom stereocenters. The normalized spacial score (nSPS) is 14.5. The van der Waals surface area contributed by atoms with Gasteiger partial charge in [-0.1, -0.05) is 0 Å². The van der Waals surface area contributed by atoms with Gasteiger partial charge in [-0.3, -0.25) is 4.79 Å². The van der Waals surface area contributed by atoms with E-state index in [9.17, 15) is 4.79 Å². The minimum Gasteiger partial charge on any atom is -0.333 e. The van der Waals surface area contributed by atoms with E-state index in [4.69, 9.17) is 0 Å². The van der Waals surface area contributed by atoms with Crippen LogP contribution in [0.25, 0.3) is 0 Å². The number of imidazole rings is 1. The number of fused-ring (bicyclic) bond motifs is 1. The molecule has 0 aliphatic carbocycles. The van der Waals surface area contributed by atoms with Crippen molar-refractivity contribution in [3.63, 3.8) is 0 Å². The Balaban J connectivity index is 1.66. The summed E-state index contributed by atoms with van der Waals surface area (Å²) in [5.74, 6) is 1.19. The molecule has 112 valence electrons. The third-order valence-electron chi connectivity index (χ3n) is 3.62. The number of aromatic nitrogens is 2. The van der Waals surface area contributed by atoms with E-state index in [1.165, 1.54) is 0 Å². The molecule has 0 atom stereocenters. The molecule has 3 rings (SSSR count). The van der Waals surface area contributed by atoms with Gasteiger partial charge in [0, 0.05) is 25.8 Å². The van der Waals surface area contributed by atoms with Gasteiger partial charge in [-0.2, -0.15) is 11.3 Å². The van der Waals surface area contributed by atoms with Gasteiger partial charge in [0.25, 0.3) is 0 Å². The fourth-order valence-electron chi connectivity index (χ4n) is 2.60. The summed E-state index contributed by atoms with van der Waals surface area (Å²) < 4.78 is 2.17. The van der Waals surface area contributed by atoms with Crippen molar-refractivity contribution in [2.45, 2.75) is 26.1 Å². The van der Waals surface area contributed by atoms with E-state index in [2.05, 4.69) is 20.6 Å². The number of hydrogen-bond donors (Lipinski definition) is 0. The predicted octanol–water partition coefficient (Wildman–Crippen LogP) is 1.59. The van der Waals surface area contributed by atoms with Crippen molar-refractivity contribution in [3.05, 3.63) is 40.1 Å². The van der Waals surface area contributed by atoms with E-state index in [0.717, 1.165) is 36.7 Å². The van der Waals surface area contributed by atoms with Crippen LogP contribution in [0.1, 0.15) is 17.1 Å². The second kappa shape index (κ2) is 5.99. The number of hydrogen-bond acceptors (Lipinski definition) is 4. The quantitative estimate of drug-likeness (QED) is 0.861. The zero-order valence-corrected chi connectivity index (χ0v) is 13.3. The standard InChI is InChI=1S/C15H20N4OS/c1-17(2)8-13-9-18-4-5-19(10-14(18)16-13)15(20)7-12-3-6-21-11-12/h3,6,9,11H,4-5,7-8,10H2,1-2H3. The number of amides is 1. The average Bonchev–Trinajstić information content (AvgIpc) is 3.05. The van der Waals surface area contributed by atoms with Gasteiger partial charge in [-0.05, 0) is 36.5 Å². The van der Waals surface area contributed by atoms with Crippen LogP contribution in [-0.2, 0) is 30.8 Å². The molecule has 3 heterocycles. The van der Waals surface area contributed by atoms with Crippen molar-refractivity contribution in [1.82, 2.24) is 19.4 Å². The van der Waals surface area contributed by atoms with Crippen molar-refractivity contribution in [1.29, 1.82) is 0 Å². The minimum absolute atomic E-state index is 0.191. The molecule has 0 aromatic carbocycles. The van der Waals surface area contributed by atoms with Crippen molar-refractivity contribution in [2.24, 2.45) is 0 Å². The van der Waals surface area contributed by atoms with Crippen LogP contribution in [0.4, 0.5) is 0 Å². The maximum atomic E-state index is 12.3. The Hall–Kier alpha value is -1.66. The van der Waals surface area contributed by atoms with E-state index in [0.29, 0.717) is 13.0 Å². The summed E-state index contributed by atoms with van der Waals surface area (Å²) in [7, 11) is 4.07. The molecule has 1 aliphatic heterocycles. The van der Waals surface area contributed by atoms with Gasteiger partial charge >= 0.3 is 0 Å². The molecule has 1 aliphatic rings. The first-order chi connectivity index (χ1) is 10.1. The fraction of sp³-hybridized carbons (Fsp3) is 0.467. The number of carbonyl (C=O) groups excluding carboxylic acids is 1. The second-order valence-corrected chi connectivity index (χ2v) is 6.48. The van der Waals surface area contributed by atoms with E-state index in [1.807, 2.05) is 35.8 Å². The van der Waals surface area contributed by atoms with Gasteiger partial charge in [-0.25, -0.2) is 4.98 Å². The lowest BCUT2D eigenvalue weighted by Crippen LogP contribution is -2.39. The van der Waals surface area contributed by atoms with Crippen LogP contribution in [0.5, 0.6) is 0 Å². The highest BCUT2D eigenvalue weighted by molar-refractivity contribution is 7.07. The highest BCUT2D eigenvalue weighted by Gasteiger charge is 2.22. The van der Waals surface area contributed by atoms with Crippen LogP contribution in [0.3, 0.4) is 0 Å². The first kappa shape index (κ1) is 14.3. The second-order valence-electron chi connectivity index (χ2n) is 5.70. The van der Waals surface area contributed by atoms with E-state index in [-0.39, 0.29) is 5.91 Å². The van der Waals surface area contributed by atoms with Gasteiger partial charge in [0.1, 0.15) is 5.82 Å². The predicted molar refractivity (Wildman–Crippen MR) is 83.1 cm³/mol. The molecular formula is C15H20N4OS. The van der Waals surface area contributed by atoms with Gasteiger partial charge in [0.15, 0.2) is 0 Å². The highest BCUT2D eigenvalue weighted by atomic mass is 32.1. The molecule has 0 fully saturated rings. The van der Waals surface area contributed by atoms with Crippen LogP contribution in [0.15, 0.2) is 23.0 Å². The van der Waals surface area contributed by atoms with Crippen LogP contribution >= 0.6 is 11.3 Å². The summed E-state index contributed by atoms with van der Waals surface area (Å²) in [6.45, 7) is 3.07. The van der Waals surface area contributed by atoms with Crippen LogP contribution < -0.4 is 0 Å². The van der Waals surface area contributed by atoms with E-state index in [1.54, 1.807) is 11.3 Å². The lowest BCUT2D eigenvalue weighted by Gasteiger charge is -2.27. The number of carbonyl (C=O) groups is 1. The molecule has 0 spiro atoms. The average molecular weight is 304 g/mol. The molecule has 2 aromatic rings. The Morgan fingerprint density at radius 3 is 3.00 bits per heavy atom. The van der Waals surface area contributed by atoms with Gasteiger partial charge in [0.05, 0.1) is 18.7 Å². The summed E-state index contributed by atoms with van der Waals surface area (Å²) in [5, 5.41) is 4.05. The van der Waals surface area contributed by atoms with Crippen LogP contribution in [-0.4, -0.2) is 45.9 Å². The SMILES string of the molecule is CN(C)Cc1cn2c(n1)CN(C(=O)Cc1ccsc1)CC2. The maximum Gasteiger partial charge on any atom is 0.227 e. The first-order valence-electron chi connectivity index (χ1n) is 7.10. The van der Waals surface area contributed by atoms with Crippen molar-refractivity contribution in [3.8, 4) is 0 Å². The Labute approximate surface area is 128 Å². The van der Waals surface area contributed by atoms with E-state index < -0.39 is 0 Å². The van der Waals surface area contributed by atoms with Gasteiger partial charge in [0.2, 0.25) is 5.91 Å². The third-order valence-corrected chi connectivity index (χ3v) is 4.35. The molecular weight excluding hydrogens is 284 g/mol. The van der Waals surface area contributed by atoms with Crippen molar-refractivity contribution in [2.75, 3.05) is 20.6 Å². The first-order valence-corrected chi connectivity index (χ1v) is 8.04. The Morgan fingerprint density at radius 1 is 1.43 bits per heavy atom. The molecule has 0 bridgehead atoms.